The van der Waals surface area contributed by atoms with Gasteiger partial charge in [-0.2, -0.15) is 0 Å². The lowest BCUT2D eigenvalue weighted by molar-refractivity contribution is 0.00444. The van der Waals surface area contributed by atoms with Crippen LogP contribution in [0, 0.1) is 20.8 Å². The van der Waals surface area contributed by atoms with E-state index >= 15 is 0 Å². The van der Waals surface area contributed by atoms with Crippen LogP contribution in [0.3, 0.4) is 0 Å². The van der Waals surface area contributed by atoms with Crippen LogP contribution in [0.25, 0.3) is 22.3 Å². The number of aliphatic hydroxyl groups is 1. The minimum absolute atomic E-state index is 0.00213. The standard InChI is InChI=1S/C74H79N3O8/c1-54-17-26-64(27-18-54)77(67-32-30-66(31-33-67)76(62-13-9-7-10-14-62)63-15-11-8-12-16-63)65-28-21-57(22-29-65)58-23-35-69-68-34-19-55(2)49-70(68)74(71(69)51-58,60-24-20-59(56(3)50-60)53-84-46-45-82-42-41-80-38-37-78)61-25-36-73(72(52-61)75(4)5)85-48-47-83-44-43-81-40-39-79-6/h7-36,49-52,78H,37-48,53H2,1-6H3. The Morgan fingerprint density at radius 1 is 0.400 bits per heavy atom. The van der Waals surface area contributed by atoms with Gasteiger partial charge in [-0.1, -0.05) is 126 Å². The van der Waals surface area contributed by atoms with Crippen molar-refractivity contribution in [2.45, 2.75) is 32.8 Å². The number of nitrogens with zero attached hydrogens (tertiary/aromatic N) is 3. The van der Waals surface area contributed by atoms with Gasteiger partial charge in [0.15, 0.2) is 0 Å². The maximum atomic E-state index is 9.02. The van der Waals surface area contributed by atoms with Crippen LogP contribution in [0.5, 0.6) is 5.75 Å². The zero-order valence-electron chi connectivity index (χ0n) is 50.0. The Balaban J connectivity index is 1.01. The van der Waals surface area contributed by atoms with E-state index in [-0.39, 0.29) is 6.61 Å². The van der Waals surface area contributed by atoms with Gasteiger partial charge in [-0.05, 0) is 167 Å². The Morgan fingerprint density at radius 2 is 0.859 bits per heavy atom. The topological polar surface area (TPSA) is 94.6 Å². The molecule has 0 amide bonds. The van der Waals surface area contributed by atoms with Gasteiger partial charge in [-0.15, -0.1) is 0 Å². The molecule has 0 spiro atoms. The van der Waals surface area contributed by atoms with Crippen molar-refractivity contribution in [1.82, 2.24) is 0 Å². The van der Waals surface area contributed by atoms with E-state index in [1.54, 1.807) is 7.11 Å². The zero-order chi connectivity index (χ0) is 59.0. The molecule has 0 heterocycles. The highest BCUT2D eigenvalue weighted by atomic mass is 16.6. The normalized spacial score (nSPS) is 13.4. The number of benzene rings is 9. The van der Waals surface area contributed by atoms with Gasteiger partial charge in [-0.3, -0.25) is 0 Å². The highest BCUT2D eigenvalue weighted by molar-refractivity contribution is 5.90. The van der Waals surface area contributed by atoms with E-state index in [2.05, 4.69) is 256 Å². The third-order valence-corrected chi connectivity index (χ3v) is 15.6. The second kappa shape index (κ2) is 29.1. The third-order valence-electron chi connectivity index (χ3n) is 15.6. The number of para-hydroxylation sites is 2. The molecule has 85 heavy (non-hydrogen) atoms. The molecule has 1 N–H and O–H groups in total. The number of ether oxygens (including phenoxy) is 7. The third kappa shape index (κ3) is 14.0. The van der Waals surface area contributed by atoms with Gasteiger partial charge in [0.1, 0.15) is 12.4 Å². The molecule has 1 aliphatic rings. The maximum Gasteiger partial charge on any atom is 0.142 e. The van der Waals surface area contributed by atoms with Crippen molar-refractivity contribution in [3.63, 3.8) is 0 Å². The lowest BCUT2D eigenvalue weighted by Crippen LogP contribution is -2.29. The Hall–Kier alpha value is -8.10. The van der Waals surface area contributed by atoms with E-state index in [9.17, 15) is 0 Å². The lowest BCUT2D eigenvalue weighted by Gasteiger charge is -2.36. The zero-order valence-corrected chi connectivity index (χ0v) is 50.0. The number of aliphatic hydroxyl groups excluding tert-OH is 1. The maximum absolute atomic E-state index is 9.02. The number of aryl methyl sites for hydroxylation is 3. The van der Waals surface area contributed by atoms with E-state index in [0.717, 1.165) is 78.9 Å². The fraction of sp³-hybridized carbons (Fsp3) is 0.270. The van der Waals surface area contributed by atoms with Crippen molar-refractivity contribution >= 4 is 39.8 Å². The smallest absolute Gasteiger partial charge is 0.142 e. The highest BCUT2D eigenvalue weighted by Gasteiger charge is 2.47. The number of hydrogen-bond acceptors (Lipinski definition) is 11. The fourth-order valence-corrected chi connectivity index (χ4v) is 11.4. The molecular weight excluding hydrogens is 1060 g/mol. The minimum atomic E-state index is -0.733. The van der Waals surface area contributed by atoms with Crippen LogP contribution in [0.2, 0.25) is 0 Å². The van der Waals surface area contributed by atoms with Crippen LogP contribution in [-0.4, -0.2) is 106 Å². The van der Waals surface area contributed by atoms with Crippen LogP contribution in [0.4, 0.5) is 39.8 Å². The second-order valence-corrected chi connectivity index (χ2v) is 21.6. The molecule has 0 fully saturated rings. The largest absolute Gasteiger partial charge is 0.489 e. The number of hydrogen-bond donors (Lipinski definition) is 1. The SMILES string of the molecule is COCCOCCOCCOc1ccc(C2(c3ccc(COCCOCCOCCO)c(C)c3)c3cc(C)ccc3-c3ccc(-c4ccc(N(c5ccc(C)cc5)c5ccc(N(c6ccccc6)c6ccccc6)cc5)cc4)cc32)cc1N(C)C. The molecule has 438 valence electrons. The van der Waals surface area contributed by atoms with E-state index in [1.165, 1.54) is 33.4 Å². The summed E-state index contributed by atoms with van der Waals surface area (Å²) in [5, 5.41) is 9.02. The number of rotatable bonds is 30. The number of anilines is 7. The number of methoxy groups -OCH3 is 1. The monoisotopic (exact) mass is 1140 g/mol. The van der Waals surface area contributed by atoms with Gasteiger partial charge in [0.05, 0.1) is 90.4 Å². The molecule has 11 nitrogen and oxygen atoms in total. The van der Waals surface area contributed by atoms with Crippen molar-refractivity contribution in [2.75, 3.05) is 115 Å². The van der Waals surface area contributed by atoms with Crippen LogP contribution in [0.1, 0.15) is 44.5 Å². The van der Waals surface area contributed by atoms with Crippen LogP contribution >= 0.6 is 0 Å². The Labute approximate surface area is 502 Å². The molecule has 0 bridgehead atoms. The second-order valence-electron chi connectivity index (χ2n) is 21.6. The summed E-state index contributed by atoms with van der Waals surface area (Å²) in [6.45, 7) is 11.9. The predicted molar refractivity (Wildman–Crippen MR) is 344 cm³/mol. The van der Waals surface area contributed by atoms with E-state index < -0.39 is 5.41 Å². The Morgan fingerprint density at radius 3 is 1.42 bits per heavy atom. The van der Waals surface area contributed by atoms with Gasteiger partial charge < -0.3 is 53.0 Å². The first-order valence-corrected chi connectivity index (χ1v) is 29.4. The summed E-state index contributed by atoms with van der Waals surface area (Å²) in [6, 6.07) is 75.2. The van der Waals surface area contributed by atoms with Gasteiger partial charge in [0.2, 0.25) is 0 Å². The van der Waals surface area contributed by atoms with E-state index in [4.69, 9.17) is 38.3 Å². The molecular formula is C74H79N3O8. The first kappa shape index (κ1) is 60.0. The highest BCUT2D eigenvalue weighted by Crippen LogP contribution is 2.58. The van der Waals surface area contributed by atoms with Crippen molar-refractivity contribution < 1.29 is 38.3 Å². The molecule has 0 radical (unpaired) electrons. The molecule has 0 aromatic heterocycles. The summed E-state index contributed by atoms with van der Waals surface area (Å²) in [6.07, 6.45) is 0. The molecule has 0 saturated heterocycles. The van der Waals surface area contributed by atoms with Crippen molar-refractivity contribution in [3.8, 4) is 28.0 Å². The molecule has 9 aromatic rings. The fourth-order valence-electron chi connectivity index (χ4n) is 11.4. The lowest BCUT2D eigenvalue weighted by atomic mass is 9.66. The molecule has 11 heteroatoms. The van der Waals surface area contributed by atoms with Crippen molar-refractivity contribution in [1.29, 1.82) is 0 Å². The molecule has 1 atom stereocenters. The van der Waals surface area contributed by atoms with Crippen molar-refractivity contribution in [2.24, 2.45) is 0 Å². The summed E-state index contributed by atoms with van der Waals surface area (Å²) in [5.74, 6) is 0.780. The first-order valence-electron chi connectivity index (χ1n) is 29.4. The summed E-state index contributed by atoms with van der Waals surface area (Å²) in [5.41, 5.74) is 20.7. The molecule has 1 aliphatic carbocycles. The van der Waals surface area contributed by atoms with Gasteiger partial charge in [0, 0.05) is 55.3 Å². The summed E-state index contributed by atoms with van der Waals surface area (Å²) in [7, 11) is 5.81. The van der Waals surface area contributed by atoms with Crippen molar-refractivity contribution in [3.05, 3.63) is 251 Å². The van der Waals surface area contributed by atoms with Gasteiger partial charge >= 0.3 is 0 Å². The predicted octanol–water partition coefficient (Wildman–Crippen LogP) is 15.2. The molecule has 0 aliphatic heterocycles. The van der Waals surface area contributed by atoms with Gasteiger partial charge in [-0.25, -0.2) is 0 Å². The summed E-state index contributed by atoms with van der Waals surface area (Å²) < 4.78 is 40.4. The molecule has 1 unspecified atom stereocenters. The molecule has 9 aromatic carbocycles. The Bertz CT molecular complexity index is 3520. The average molecular weight is 1140 g/mol. The van der Waals surface area contributed by atoms with E-state index in [0.29, 0.717) is 79.3 Å². The van der Waals surface area contributed by atoms with Gasteiger partial charge in [0.25, 0.3) is 0 Å². The Kier molecular flexibility index (Phi) is 20.6. The number of fused-ring (bicyclic) bond motifs is 3. The van der Waals surface area contributed by atoms with E-state index in [1.807, 2.05) is 0 Å². The van der Waals surface area contributed by atoms with Crippen LogP contribution < -0.4 is 19.4 Å². The summed E-state index contributed by atoms with van der Waals surface area (Å²) >= 11 is 0. The summed E-state index contributed by atoms with van der Waals surface area (Å²) in [4.78, 5) is 6.76. The minimum Gasteiger partial charge on any atom is -0.489 e. The van der Waals surface area contributed by atoms with Crippen LogP contribution in [-0.2, 0) is 40.4 Å². The molecule has 0 saturated carbocycles. The molecule has 10 rings (SSSR count). The quantitative estimate of drug-likeness (QED) is 0.0436. The van der Waals surface area contributed by atoms with Crippen LogP contribution in [0.15, 0.2) is 206 Å². The first-order chi connectivity index (χ1) is 41.7. The average Bonchev–Trinajstić information content (AvgIpc) is 1.71.